The Morgan fingerprint density at radius 3 is 2.29 bits per heavy atom. The third kappa shape index (κ3) is 5.81. The van der Waals surface area contributed by atoms with Gasteiger partial charge in [-0.05, 0) is 43.0 Å². The van der Waals surface area contributed by atoms with Crippen LogP contribution in [0.1, 0.15) is 51.4 Å². The Morgan fingerprint density at radius 2 is 1.71 bits per heavy atom. The Balaban J connectivity index is 2.34. The second-order valence-corrected chi connectivity index (χ2v) is 7.35. The predicted octanol–water partition coefficient (Wildman–Crippen LogP) is 3.85. The number of esters is 2. The van der Waals surface area contributed by atoms with Crippen LogP contribution in [-0.4, -0.2) is 34.9 Å². The molecule has 1 heterocycles. The van der Waals surface area contributed by atoms with Crippen molar-refractivity contribution in [2.75, 3.05) is 13.2 Å². The fraction of sp³-hybridized carbons (Fsp3) is 0.409. The van der Waals surface area contributed by atoms with E-state index in [2.05, 4.69) is 38.0 Å². The van der Waals surface area contributed by atoms with Crippen molar-refractivity contribution in [3.63, 3.8) is 0 Å². The van der Waals surface area contributed by atoms with Crippen molar-refractivity contribution >= 4 is 18.0 Å². The molecule has 0 amide bonds. The molecule has 0 fully saturated rings. The highest BCUT2D eigenvalue weighted by molar-refractivity contribution is 5.87. The van der Waals surface area contributed by atoms with Crippen molar-refractivity contribution in [2.24, 2.45) is 0 Å². The predicted molar refractivity (Wildman–Crippen MR) is 108 cm³/mol. The van der Waals surface area contributed by atoms with Crippen molar-refractivity contribution in [1.82, 2.24) is 9.78 Å². The maximum absolute atomic E-state index is 11.9. The van der Waals surface area contributed by atoms with Crippen molar-refractivity contribution < 1.29 is 19.1 Å². The number of carbonyl (C=O) groups is 2. The summed E-state index contributed by atoms with van der Waals surface area (Å²) in [7, 11) is 0. The Hall–Kier alpha value is -2.89. The Labute approximate surface area is 166 Å². The van der Waals surface area contributed by atoms with Gasteiger partial charge in [0.1, 0.15) is 0 Å². The van der Waals surface area contributed by atoms with Crippen molar-refractivity contribution in [1.29, 1.82) is 0 Å². The second-order valence-electron chi connectivity index (χ2n) is 7.35. The largest absolute Gasteiger partial charge is 0.466 e. The summed E-state index contributed by atoms with van der Waals surface area (Å²) in [4.78, 5) is 23.6. The molecule has 6 heteroatoms. The lowest BCUT2D eigenvalue weighted by atomic mass is 9.87. The number of carbonyl (C=O) groups excluding carboxylic acids is 2. The molecule has 0 spiro atoms. The molecule has 0 aliphatic heterocycles. The fourth-order valence-electron chi connectivity index (χ4n) is 2.65. The van der Waals surface area contributed by atoms with E-state index in [-0.39, 0.29) is 17.8 Å². The van der Waals surface area contributed by atoms with E-state index in [4.69, 9.17) is 9.47 Å². The summed E-state index contributed by atoms with van der Waals surface area (Å²) in [6.45, 7) is 10.6. The molecule has 0 unspecified atom stereocenters. The van der Waals surface area contributed by atoms with Gasteiger partial charge >= 0.3 is 11.9 Å². The minimum atomic E-state index is -0.450. The molecular formula is C22H28N2O4. The van der Waals surface area contributed by atoms with Gasteiger partial charge in [-0.1, -0.05) is 32.9 Å². The first-order valence-corrected chi connectivity index (χ1v) is 9.44. The third-order valence-corrected chi connectivity index (χ3v) is 4.12. The van der Waals surface area contributed by atoms with Crippen LogP contribution in [0, 0.1) is 0 Å². The zero-order chi connectivity index (χ0) is 20.7. The van der Waals surface area contributed by atoms with Gasteiger partial charge in [-0.3, -0.25) is 4.79 Å². The third-order valence-electron chi connectivity index (χ3n) is 4.12. The minimum absolute atomic E-state index is 0.0608. The summed E-state index contributed by atoms with van der Waals surface area (Å²) in [5.74, 6) is -0.787. The van der Waals surface area contributed by atoms with E-state index < -0.39 is 5.97 Å². The van der Waals surface area contributed by atoms with E-state index >= 15 is 0 Å². The summed E-state index contributed by atoms with van der Waals surface area (Å²) < 4.78 is 11.6. The molecule has 1 aromatic carbocycles. The van der Waals surface area contributed by atoms with E-state index in [1.807, 2.05) is 12.1 Å². The van der Waals surface area contributed by atoms with Gasteiger partial charge in [-0.15, -0.1) is 0 Å². The van der Waals surface area contributed by atoms with Crippen LogP contribution >= 0.6 is 0 Å². The number of nitrogens with zero attached hydrogens (tertiary/aromatic N) is 2. The second kappa shape index (κ2) is 9.35. The van der Waals surface area contributed by atoms with Crippen LogP contribution in [0.4, 0.5) is 0 Å². The monoisotopic (exact) mass is 384 g/mol. The molecule has 0 atom stereocenters. The molecule has 0 radical (unpaired) electrons. The van der Waals surface area contributed by atoms with Gasteiger partial charge in [-0.25, -0.2) is 9.48 Å². The Bertz CT molecular complexity index is 842. The zero-order valence-corrected chi connectivity index (χ0v) is 17.2. The molecule has 150 valence electrons. The van der Waals surface area contributed by atoms with Crippen molar-refractivity contribution in [2.45, 2.75) is 46.5 Å². The zero-order valence-electron chi connectivity index (χ0n) is 17.2. The number of ether oxygens (including phenoxy) is 2. The summed E-state index contributed by atoms with van der Waals surface area (Å²) in [5.41, 5.74) is 3.36. The van der Waals surface area contributed by atoms with Crippen LogP contribution < -0.4 is 0 Å². The molecule has 0 bridgehead atoms. The minimum Gasteiger partial charge on any atom is -0.466 e. The molecular weight excluding hydrogens is 356 g/mol. The van der Waals surface area contributed by atoms with Crippen LogP contribution in [0.5, 0.6) is 0 Å². The van der Waals surface area contributed by atoms with E-state index in [1.54, 1.807) is 30.8 Å². The molecule has 0 aliphatic rings. The van der Waals surface area contributed by atoms with Gasteiger partial charge < -0.3 is 9.47 Å². The quantitative estimate of drug-likeness (QED) is 0.536. The van der Waals surface area contributed by atoms with Gasteiger partial charge in [-0.2, -0.15) is 5.10 Å². The van der Waals surface area contributed by atoms with Gasteiger partial charge in [0.2, 0.25) is 0 Å². The van der Waals surface area contributed by atoms with Crippen LogP contribution in [-0.2, 0) is 30.9 Å². The average Bonchev–Trinajstić information content (AvgIpc) is 3.02. The highest BCUT2D eigenvalue weighted by atomic mass is 16.5. The molecule has 0 N–H and O–H groups in total. The van der Waals surface area contributed by atoms with Crippen LogP contribution in [0.2, 0.25) is 0 Å². The van der Waals surface area contributed by atoms with Gasteiger partial charge in [0.25, 0.3) is 0 Å². The maximum atomic E-state index is 11.9. The summed E-state index contributed by atoms with van der Waals surface area (Å²) in [6.07, 6.45) is 4.74. The first kappa shape index (κ1) is 21.4. The van der Waals surface area contributed by atoms with E-state index in [0.717, 1.165) is 5.69 Å². The lowest BCUT2D eigenvalue weighted by Gasteiger charge is -2.19. The van der Waals surface area contributed by atoms with E-state index in [9.17, 15) is 9.59 Å². The molecule has 2 rings (SSSR count). The average molecular weight is 384 g/mol. The highest BCUT2D eigenvalue weighted by Crippen LogP contribution is 2.23. The number of aromatic nitrogens is 2. The first-order valence-electron chi connectivity index (χ1n) is 9.44. The first-order chi connectivity index (χ1) is 13.2. The smallest absolute Gasteiger partial charge is 0.330 e. The van der Waals surface area contributed by atoms with Gasteiger partial charge in [0, 0.05) is 17.8 Å². The SMILES string of the molecule is CCOC(=O)/C=C/c1nn(-c2ccc(C(C)(C)C)cc2)cc1CC(=O)OCC. The number of hydrogen-bond donors (Lipinski definition) is 0. The van der Waals surface area contributed by atoms with Gasteiger partial charge in [0.15, 0.2) is 0 Å². The standard InChI is InChI=1S/C22H28N2O4/c1-6-27-20(25)13-12-19-16(14-21(26)28-7-2)15-24(23-19)18-10-8-17(9-11-18)22(3,4)5/h8-13,15H,6-7,14H2,1-5H3/b13-12+. The van der Waals surface area contributed by atoms with Crippen LogP contribution in [0.15, 0.2) is 36.5 Å². The van der Waals surface area contributed by atoms with Crippen molar-refractivity contribution in [3.05, 3.63) is 53.4 Å². The fourth-order valence-corrected chi connectivity index (χ4v) is 2.65. The Morgan fingerprint density at radius 1 is 1.07 bits per heavy atom. The molecule has 0 aliphatic carbocycles. The summed E-state index contributed by atoms with van der Waals surface area (Å²) >= 11 is 0. The lowest BCUT2D eigenvalue weighted by molar-refractivity contribution is -0.142. The lowest BCUT2D eigenvalue weighted by Crippen LogP contribution is -2.10. The van der Waals surface area contributed by atoms with Crippen LogP contribution in [0.25, 0.3) is 11.8 Å². The molecule has 1 aromatic heterocycles. The van der Waals surface area contributed by atoms with Crippen molar-refractivity contribution in [3.8, 4) is 5.69 Å². The van der Waals surface area contributed by atoms with Gasteiger partial charge in [0.05, 0.1) is 31.0 Å². The maximum Gasteiger partial charge on any atom is 0.330 e. The molecule has 28 heavy (non-hydrogen) atoms. The summed E-state index contributed by atoms with van der Waals surface area (Å²) in [6, 6.07) is 8.10. The topological polar surface area (TPSA) is 70.4 Å². The summed E-state index contributed by atoms with van der Waals surface area (Å²) in [5, 5.41) is 4.53. The Kier molecular flexibility index (Phi) is 7.15. The van der Waals surface area contributed by atoms with E-state index in [1.165, 1.54) is 11.6 Å². The molecule has 0 saturated heterocycles. The number of rotatable bonds is 7. The normalized spacial score (nSPS) is 11.6. The molecule has 2 aromatic rings. The number of benzene rings is 1. The van der Waals surface area contributed by atoms with Crippen LogP contribution in [0.3, 0.4) is 0 Å². The number of hydrogen-bond acceptors (Lipinski definition) is 5. The highest BCUT2D eigenvalue weighted by Gasteiger charge is 2.15. The van der Waals surface area contributed by atoms with E-state index in [0.29, 0.717) is 24.5 Å². The molecule has 0 saturated carbocycles. The molecule has 6 nitrogen and oxygen atoms in total.